The summed E-state index contributed by atoms with van der Waals surface area (Å²) in [6.45, 7) is 0. The van der Waals surface area contributed by atoms with Gasteiger partial charge < -0.3 is 0 Å². The van der Waals surface area contributed by atoms with Crippen molar-refractivity contribution in [3.8, 4) is 11.1 Å². The maximum Gasteiger partial charge on any atom is 0.0364 e. The molecule has 0 unspecified atom stereocenters. The second kappa shape index (κ2) is 3.44. The van der Waals surface area contributed by atoms with Crippen molar-refractivity contribution in [1.29, 1.82) is 0 Å². The first kappa shape index (κ1) is 9.86. The molecule has 0 atom stereocenters. The van der Waals surface area contributed by atoms with Crippen molar-refractivity contribution in [2.24, 2.45) is 0 Å². The quantitative estimate of drug-likeness (QED) is 0.598. The topological polar surface area (TPSA) is 0 Å². The summed E-state index contributed by atoms with van der Waals surface area (Å²) in [5.41, 5.74) is 5.73. The molecule has 2 aliphatic carbocycles. The van der Waals surface area contributed by atoms with Crippen LogP contribution in [0.15, 0.2) is 34.8 Å². The van der Waals surface area contributed by atoms with Crippen molar-refractivity contribution in [2.75, 3.05) is 0 Å². The van der Waals surface area contributed by atoms with E-state index >= 15 is 0 Å². The Bertz CT molecular complexity index is 778. The van der Waals surface area contributed by atoms with Gasteiger partial charge in [0.1, 0.15) is 0 Å². The Morgan fingerprint density at radius 3 is 2.88 bits per heavy atom. The van der Waals surface area contributed by atoms with Crippen LogP contribution in [0.3, 0.4) is 0 Å². The highest BCUT2D eigenvalue weighted by Gasteiger charge is 2.19. The van der Waals surface area contributed by atoms with Gasteiger partial charge >= 0.3 is 0 Å². The monoisotopic (exact) mass is 300 g/mol. The summed E-state index contributed by atoms with van der Waals surface area (Å²) in [5, 5.41) is 0. The number of thiophene rings is 1. The first-order valence-electron chi connectivity index (χ1n) is 5.63. The van der Waals surface area contributed by atoms with Gasteiger partial charge in [0.2, 0.25) is 0 Å². The van der Waals surface area contributed by atoms with Gasteiger partial charge in [-0.25, -0.2) is 0 Å². The van der Waals surface area contributed by atoms with Crippen LogP contribution in [0, 0.1) is 0 Å². The van der Waals surface area contributed by atoms with E-state index in [1.807, 2.05) is 11.3 Å². The minimum absolute atomic E-state index is 1.04. The van der Waals surface area contributed by atoms with E-state index in [1.165, 1.54) is 35.8 Å². The molecule has 4 rings (SSSR count). The van der Waals surface area contributed by atoms with Crippen molar-refractivity contribution >= 4 is 39.4 Å². The Balaban J connectivity index is 2.10. The van der Waals surface area contributed by atoms with Crippen LogP contribution in [0.5, 0.6) is 0 Å². The van der Waals surface area contributed by atoms with Gasteiger partial charge in [0.25, 0.3) is 0 Å². The Kier molecular flexibility index (Phi) is 1.99. The number of fused-ring (bicyclic) bond motifs is 5. The van der Waals surface area contributed by atoms with Gasteiger partial charge in [0, 0.05) is 19.1 Å². The van der Waals surface area contributed by atoms with E-state index in [4.69, 9.17) is 0 Å². The predicted molar refractivity (Wildman–Crippen MR) is 77.8 cm³/mol. The van der Waals surface area contributed by atoms with E-state index in [0.29, 0.717) is 0 Å². The third kappa shape index (κ3) is 1.34. The molecule has 82 valence electrons. The highest BCUT2D eigenvalue weighted by molar-refractivity contribution is 9.12. The van der Waals surface area contributed by atoms with Crippen molar-refractivity contribution in [3.05, 3.63) is 55.0 Å². The lowest BCUT2D eigenvalue weighted by atomic mass is 9.99. The summed E-state index contributed by atoms with van der Waals surface area (Å²) in [6, 6.07) is 8.68. The molecule has 0 saturated heterocycles. The molecule has 0 spiro atoms. The van der Waals surface area contributed by atoms with Crippen molar-refractivity contribution in [2.45, 2.75) is 6.42 Å². The fourth-order valence-corrected chi connectivity index (χ4v) is 4.39. The van der Waals surface area contributed by atoms with Gasteiger partial charge in [-0.1, -0.05) is 46.3 Å². The number of rotatable bonds is 0. The van der Waals surface area contributed by atoms with Crippen LogP contribution in [0.2, 0.25) is 0 Å². The Labute approximate surface area is 112 Å². The second-order valence-electron chi connectivity index (χ2n) is 4.35. The molecule has 2 aromatic rings. The highest BCUT2D eigenvalue weighted by Crippen LogP contribution is 2.31. The van der Waals surface area contributed by atoms with Crippen molar-refractivity contribution in [1.82, 2.24) is 0 Å². The molecular weight excluding hydrogens is 292 g/mol. The molecule has 0 radical (unpaired) electrons. The van der Waals surface area contributed by atoms with Crippen LogP contribution >= 0.6 is 27.3 Å². The molecule has 0 N–H and O–H groups in total. The average Bonchev–Trinajstić information content (AvgIpc) is 2.83. The van der Waals surface area contributed by atoms with Crippen LogP contribution in [0.1, 0.15) is 11.1 Å². The maximum atomic E-state index is 3.57. The van der Waals surface area contributed by atoms with Crippen molar-refractivity contribution in [3.63, 3.8) is 0 Å². The van der Waals surface area contributed by atoms with Crippen LogP contribution in [0.4, 0.5) is 0 Å². The summed E-state index contributed by atoms with van der Waals surface area (Å²) in [4.78, 5) is 0. The number of allylic oxidation sites excluding steroid dienone is 2. The first-order chi connectivity index (χ1) is 8.33. The molecule has 1 aromatic carbocycles. The minimum atomic E-state index is 1.04. The van der Waals surface area contributed by atoms with Crippen LogP contribution in [-0.4, -0.2) is 0 Å². The molecule has 0 fully saturated rings. The Morgan fingerprint density at radius 2 is 1.94 bits per heavy atom. The number of benzene rings is 1. The van der Waals surface area contributed by atoms with Crippen LogP contribution < -0.4 is 9.06 Å². The van der Waals surface area contributed by atoms with Crippen LogP contribution in [-0.2, 0) is 6.42 Å². The third-order valence-electron chi connectivity index (χ3n) is 3.35. The van der Waals surface area contributed by atoms with E-state index in [-0.39, 0.29) is 0 Å². The predicted octanol–water partition coefficient (Wildman–Crippen LogP) is 3.17. The van der Waals surface area contributed by atoms with E-state index in [0.717, 1.165) is 6.42 Å². The maximum absolute atomic E-state index is 3.57. The average molecular weight is 301 g/mol. The number of hydrogen-bond donors (Lipinski definition) is 0. The van der Waals surface area contributed by atoms with Gasteiger partial charge in [-0.2, -0.15) is 0 Å². The zero-order chi connectivity index (χ0) is 11.4. The minimum Gasteiger partial charge on any atom is -0.135 e. The van der Waals surface area contributed by atoms with Gasteiger partial charge in [0.05, 0.1) is 0 Å². The molecule has 0 nitrogen and oxygen atoms in total. The van der Waals surface area contributed by atoms with E-state index in [2.05, 4.69) is 58.4 Å². The molecule has 17 heavy (non-hydrogen) atoms. The smallest absolute Gasteiger partial charge is 0.0364 e. The summed E-state index contributed by atoms with van der Waals surface area (Å²) >= 11 is 5.47. The highest BCUT2D eigenvalue weighted by atomic mass is 79.9. The molecule has 0 saturated carbocycles. The Morgan fingerprint density at radius 1 is 1.06 bits per heavy atom. The molecule has 2 aliphatic rings. The fraction of sp³-hybridized carbons (Fsp3) is 0.0667. The molecule has 0 aliphatic heterocycles. The van der Waals surface area contributed by atoms with Crippen LogP contribution in [0.25, 0.3) is 23.3 Å². The molecule has 0 bridgehead atoms. The lowest BCUT2D eigenvalue weighted by Crippen LogP contribution is -2.05. The second-order valence-corrected chi connectivity index (χ2v) is 6.35. The van der Waals surface area contributed by atoms with E-state index < -0.39 is 0 Å². The largest absolute Gasteiger partial charge is 0.135 e. The molecule has 0 amide bonds. The molecule has 1 heterocycles. The summed E-state index contributed by atoms with van der Waals surface area (Å²) in [7, 11) is 0. The van der Waals surface area contributed by atoms with E-state index in [1.54, 1.807) is 0 Å². The third-order valence-corrected chi connectivity index (χ3v) is 5.03. The van der Waals surface area contributed by atoms with Gasteiger partial charge in [-0.15, -0.1) is 11.3 Å². The zero-order valence-electron chi connectivity index (χ0n) is 9.03. The number of hydrogen-bond acceptors (Lipinski definition) is 1. The van der Waals surface area contributed by atoms with Gasteiger partial charge in [-0.3, -0.25) is 0 Å². The summed E-state index contributed by atoms with van der Waals surface area (Å²) in [6.07, 6.45) is 7.84. The molecule has 2 heteroatoms. The fourth-order valence-electron chi connectivity index (χ4n) is 2.59. The lowest BCUT2D eigenvalue weighted by molar-refractivity contribution is 1.26. The van der Waals surface area contributed by atoms with E-state index in [9.17, 15) is 0 Å². The van der Waals surface area contributed by atoms with Gasteiger partial charge in [-0.05, 0) is 35.3 Å². The SMILES string of the molecule is BrC1=CCc2c3c(sc2=C1)=Cc1ccccc1-3. The summed E-state index contributed by atoms with van der Waals surface area (Å²) in [5.74, 6) is 0. The zero-order valence-corrected chi connectivity index (χ0v) is 11.4. The first-order valence-corrected chi connectivity index (χ1v) is 7.24. The standard InChI is InChI=1S/C15H9BrS/c16-10-5-6-12-13(8-10)17-14-7-9-3-1-2-4-11(9)15(12)14/h1-5,7-8H,6H2. The van der Waals surface area contributed by atoms with Crippen molar-refractivity contribution < 1.29 is 0 Å². The number of halogens is 1. The van der Waals surface area contributed by atoms with Gasteiger partial charge in [0.15, 0.2) is 0 Å². The lowest BCUT2D eigenvalue weighted by Gasteiger charge is -2.06. The molecule has 1 aromatic heterocycles. The normalized spacial score (nSPS) is 15.2. The summed E-state index contributed by atoms with van der Waals surface area (Å²) < 4.78 is 4.04. The Hall–Kier alpha value is -1.12. The molecular formula is C15H9BrS.